The number of aromatic nitrogens is 6. The third-order valence-electron chi connectivity index (χ3n) is 4.53. The van der Waals surface area contributed by atoms with Crippen molar-refractivity contribution >= 4 is 20.7 Å². The molecule has 0 aliphatic carbocycles. The summed E-state index contributed by atoms with van der Waals surface area (Å²) in [5, 5.41) is 13.7. The summed E-state index contributed by atoms with van der Waals surface area (Å²) in [7, 11) is -2.64. The number of nitrogens with zero attached hydrogens (tertiary/aromatic N) is 4. The SMILES string of the molecule is CCO[Si](CCCC(CCc1n[nH]c(N)n1)Cc1n[nH]c(N)n1)(OCC)OCC. The largest absolute Gasteiger partial charge is 0.500 e. The van der Waals surface area contributed by atoms with Crippen LogP contribution in [0.4, 0.5) is 11.9 Å². The van der Waals surface area contributed by atoms with Crippen molar-refractivity contribution in [3.8, 4) is 0 Å². The van der Waals surface area contributed by atoms with Crippen molar-refractivity contribution in [2.24, 2.45) is 5.92 Å². The van der Waals surface area contributed by atoms with Gasteiger partial charge in [0.2, 0.25) is 11.9 Å². The zero-order valence-electron chi connectivity index (χ0n) is 17.6. The molecule has 11 nitrogen and oxygen atoms in total. The molecular formula is C17H34N8O3Si. The molecule has 6 N–H and O–H groups in total. The zero-order valence-corrected chi connectivity index (χ0v) is 18.6. The normalized spacial score (nSPS) is 13.1. The van der Waals surface area contributed by atoms with Crippen LogP contribution < -0.4 is 11.5 Å². The number of nitrogens with two attached hydrogens (primary N) is 2. The maximum Gasteiger partial charge on any atom is 0.500 e. The summed E-state index contributed by atoms with van der Waals surface area (Å²) in [5.41, 5.74) is 11.3. The van der Waals surface area contributed by atoms with E-state index in [0.717, 1.165) is 38.1 Å². The number of rotatable bonds is 15. The highest BCUT2D eigenvalue weighted by molar-refractivity contribution is 6.60. The average molecular weight is 427 g/mol. The highest BCUT2D eigenvalue weighted by atomic mass is 28.4. The van der Waals surface area contributed by atoms with Gasteiger partial charge in [0, 0.05) is 38.7 Å². The predicted octanol–water partition coefficient (Wildman–Crippen LogP) is 1.71. The van der Waals surface area contributed by atoms with Gasteiger partial charge in [-0.25, -0.2) is 10.2 Å². The van der Waals surface area contributed by atoms with Crippen LogP contribution in [0, 0.1) is 5.92 Å². The molecule has 0 aromatic carbocycles. The van der Waals surface area contributed by atoms with E-state index in [-0.39, 0.29) is 0 Å². The van der Waals surface area contributed by atoms with Gasteiger partial charge in [0.25, 0.3) is 0 Å². The lowest BCUT2D eigenvalue weighted by Crippen LogP contribution is -2.46. The monoisotopic (exact) mass is 426 g/mol. The molecular weight excluding hydrogens is 392 g/mol. The fourth-order valence-corrected chi connectivity index (χ4v) is 6.01. The van der Waals surface area contributed by atoms with E-state index in [1.165, 1.54) is 0 Å². The third kappa shape index (κ3) is 7.72. The first kappa shape index (κ1) is 23.3. The second-order valence-corrected chi connectivity index (χ2v) is 9.49. The second kappa shape index (κ2) is 11.9. The molecule has 0 spiro atoms. The Morgan fingerprint density at radius 3 is 1.90 bits per heavy atom. The summed E-state index contributed by atoms with van der Waals surface area (Å²) in [6.07, 6.45) is 4.21. The van der Waals surface area contributed by atoms with Crippen molar-refractivity contribution in [1.82, 2.24) is 30.4 Å². The first-order valence-electron chi connectivity index (χ1n) is 10.3. The number of nitrogen functional groups attached to an aromatic ring is 2. The molecule has 2 rings (SSSR count). The van der Waals surface area contributed by atoms with Crippen LogP contribution in [0.15, 0.2) is 0 Å². The van der Waals surface area contributed by atoms with Crippen molar-refractivity contribution < 1.29 is 13.3 Å². The zero-order chi connectivity index (χ0) is 21.1. The van der Waals surface area contributed by atoms with Gasteiger partial charge in [-0.05, 0) is 39.5 Å². The van der Waals surface area contributed by atoms with Crippen LogP contribution in [0.3, 0.4) is 0 Å². The van der Waals surface area contributed by atoms with Crippen LogP contribution in [0.2, 0.25) is 6.04 Å². The van der Waals surface area contributed by atoms with Crippen molar-refractivity contribution in [3.63, 3.8) is 0 Å². The van der Waals surface area contributed by atoms with Gasteiger partial charge in [-0.2, -0.15) is 20.2 Å². The molecule has 29 heavy (non-hydrogen) atoms. The lowest BCUT2D eigenvalue weighted by Gasteiger charge is -2.29. The Morgan fingerprint density at radius 2 is 1.41 bits per heavy atom. The molecule has 0 radical (unpaired) electrons. The number of H-pyrrole nitrogens is 2. The molecule has 164 valence electrons. The Morgan fingerprint density at radius 1 is 0.862 bits per heavy atom. The summed E-state index contributed by atoms with van der Waals surface area (Å²) in [5.74, 6) is 2.42. The second-order valence-electron chi connectivity index (χ2n) is 6.76. The molecule has 1 unspecified atom stereocenters. The van der Waals surface area contributed by atoms with Crippen LogP contribution >= 0.6 is 0 Å². The molecule has 12 heteroatoms. The summed E-state index contributed by atoms with van der Waals surface area (Å²) in [4.78, 5) is 8.43. The maximum absolute atomic E-state index is 5.96. The topological polar surface area (TPSA) is 163 Å². The standard InChI is InChI=1S/C17H34N8O3Si/c1-4-26-29(27-5-2,28-6-3)11-7-8-13(12-15-21-17(19)25-23-15)9-10-14-20-16(18)24-22-14/h13H,4-12H2,1-3H3,(H3,18,20,22,24)(H3,19,21,23,25). The van der Waals surface area contributed by atoms with Gasteiger partial charge in [0.1, 0.15) is 0 Å². The summed E-state index contributed by atoms with van der Waals surface area (Å²) < 4.78 is 17.9. The Bertz CT molecular complexity index is 693. The smallest absolute Gasteiger partial charge is 0.374 e. The third-order valence-corrected chi connectivity index (χ3v) is 7.68. The molecule has 0 saturated heterocycles. The fourth-order valence-electron chi connectivity index (χ4n) is 3.37. The minimum Gasteiger partial charge on any atom is -0.374 e. The average Bonchev–Trinajstić information content (AvgIpc) is 3.28. The summed E-state index contributed by atoms with van der Waals surface area (Å²) >= 11 is 0. The van der Waals surface area contributed by atoms with Crippen LogP contribution in [-0.2, 0) is 26.1 Å². The minimum atomic E-state index is -2.64. The van der Waals surface area contributed by atoms with E-state index in [1.54, 1.807) is 0 Å². The molecule has 2 heterocycles. The molecule has 0 bridgehead atoms. The van der Waals surface area contributed by atoms with E-state index in [2.05, 4.69) is 30.4 Å². The Balaban J connectivity index is 1.97. The molecule has 0 aliphatic rings. The molecule has 0 aliphatic heterocycles. The first-order valence-corrected chi connectivity index (χ1v) is 12.2. The predicted molar refractivity (Wildman–Crippen MR) is 112 cm³/mol. The summed E-state index contributed by atoms with van der Waals surface area (Å²) in [6.45, 7) is 7.66. The van der Waals surface area contributed by atoms with Crippen LogP contribution in [0.25, 0.3) is 0 Å². The molecule has 2 aromatic rings. The Hall–Kier alpha value is -2.02. The minimum absolute atomic E-state index is 0.330. The van der Waals surface area contributed by atoms with Crippen molar-refractivity contribution in [2.75, 3.05) is 31.3 Å². The number of hydrogen-bond donors (Lipinski definition) is 4. The number of aryl methyl sites for hydroxylation is 1. The summed E-state index contributed by atoms with van der Waals surface area (Å²) in [6, 6.07) is 0.781. The van der Waals surface area contributed by atoms with Crippen molar-refractivity contribution in [2.45, 2.75) is 58.9 Å². The van der Waals surface area contributed by atoms with Crippen LogP contribution in [0.1, 0.15) is 51.7 Å². The molecule has 0 fully saturated rings. The van der Waals surface area contributed by atoms with E-state index in [0.29, 0.717) is 49.3 Å². The Kier molecular flexibility index (Phi) is 9.51. The van der Waals surface area contributed by atoms with Gasteiger partial charge in [-0.15, -0.1) is 0 Å². The van der Waals surface area contributed by atoms with Gasteiger partial charge in [0.15, 0.2) is 11.6 Å². The lowest BCUT2D eigenvalue weighted by atomic mass is 9.94. The van der Waals surface area contributed by atoms with Crippen molar-refractivity contribution in [1.29, 1.82) is 0 Å². The maximum atomic E-state index is 5.96. The van der Waals surface area contributed by atoms with Gasteiger partial charge >= 0.3 is 8.80 Å². The quantitative estimate of drug-likeness (QED) is 0.310. The first-order chi connectivity index (χ1) is 14.0. The van der Waals surface area contributed by atoms with Gasteiger partial charge in [-0.1, -0.05) is 6.42 Å². The van der Waals surface area contributed by atoms with Gasteiger partial charge in [0.05, 0.1) is 0 Å². The van der Waals surface area contributed by atoms with Gasteiger partial charge < -0.3 is 24.7 Å². The van der Waals surface area contributed by atoms with E-state index in [4.69, 9.17) is 24.7 Å². The number of hydrogen-bond acceptors (Lipinski definition) is 9. The lowest BCUT2D eigenvalue weighted by molar-refractivity contribution is 0.0703. The van der Waals surface area contributed by atoms with E-state index < -0.39 is 8.80 Å². The molecule has 0 amide bonds. The van der Waals surface area contributed by atoms with Crippen molar-refractivity contribution in [3.05, 3.63) is 11.6 Å². The van der Waals surface area contributed by atoms with E-state index >= 15 is 0 Å². The van der Waals surface area contributed by atoms with Gasteiger partial charge in [-0.3, -0.25) is 0 Å². The Labute approximate surface area is 172 Å². The highest BCUT2D eigenvalue weighted by Gasteiger charge is 2.39. The molecule has 2 aromatic heterocycles. The number of aromatic amines is 2. The fraction of sp³-hybridized carbons (Fsp3) is 0.765. The van der Waals surface area contributed by atoms with Crippen LogP contribution in [-0.4, -0.2) is 59.0 Å². The van der Waals surface area contributed by atoms with Crippen LogP contribution in [0.5, 0.6) is 0 Å². The molecule has 1 atom stereocenters. The highest BCUT2D eigenvalue weighted by Crippen LogP contribution is 2.24. The van der Waals surface area contributed by atoms with E-state index in [9.17, 15) is 0 Å². The van der Waals surface area contributed by atoms with E-state index in [1.807, 2.05) is 20.8 Å². The number of nitrogens with one attached hydrogen (secondary N) is 2. The molecule has 0 saturated carbocycles. The number of anilines is 2.